The first kappa shape index (κ1) is 43.9. The topological polar surface area (TPSA) is 154 Å². The average molecular weight is 821 g/mol. The second-order valence-electron chi connectivity index (χ2n) is 21.3. The molecule has 8 rings (SSSR count). The van der Waals surface area contributed by atoms with Gasteiger partial charge in [-0.05, 0) is 148 Å². The summed E-state index contributed by atoms with van der Waals surface area (Å²) in [5.41, 5.74) is 3.95. The number of allylic oxidation sites excluding steroid dienone is 2. The number of carboxylic acid groups (broad SMARTS) is 2. The maximum absolute atomic E-state index is 12.3. The monoisotopic (exact) mass is 821 g/mol. The summed E-state index contributed by atoms with van der Waals surface area (Å²) in [6.07, 6.45) is 21.8. The van der Waals surface area contributed by atoms with Crippen LogP contribution >= 0.6 is 0 Å². The van der Waals surface area contributed by atoms with Gasteiger partial charge in [0.1, 0.15) is 18.3 Å². The molecule has 10 heteroatoms. The van der Waals surface area contributed by atoms with Crippen LogP contribution < -0.4 is 0 Å². The number of carbonyl (C=O) groups excluding carboxylic acids is 3. The Morgan fingerprint density at radius 1 is 0.576 bits per heavy atom. The molecule has 0 spiro atoms. The molecule has 2 N–H and O–H groups in total. The largest absolute Gasteiger partial charge is 0.481 e. The predicted octanol–water partition coefficient (Wildman–Crippen LogP) is 10.0. The first-order valence-corrected chi connectivity index (χ1v) is 23.3. The first-order chi connectivity index (χ1) is 27.9. The van der Waals surface area contributed by atoms with Crippen LogP contribution in [0, 0.1) is 63.1 Å². The molecule has 0 radical (unpaired) electrons. The van der Waals surface area contributed by atoms with E-state index < -0.39 is 23.9 Å². The van der Waals surface area contributed by atoms with Gasteiger partial charge in [-0.1, -0.05) is 57.9 Å². The third kappa shape index (κ3) is 8.42. The SMILES string of the molecule is CC(=O)O[C@H]1CC[C@@]2(C)C(=CCC3C2CC[C@@]2(C)C3CC[C@@H]2C)C1.C[C@]12CC[C@H](OC(=O)CCC(=O)O)CC1=CCC1C2CC[C@@]2(C)C1CC[C@@H]2OC(=O)CCC(=O)O. The van der Waals surface area contributed by atoms with Crippen molar-refractivity contribution in [2.45, 2.75) is 188 Å². The highest BCUT2D eigenvalue weighted by molar-refractivity contribution is 5.77. The highest BCUT2D eigenvalue weighted by Crippen LogP contribution is 2.67. The van der Waals surface area contributed by atoms with Crippen LogP contribution in [0.2, 0.25) is 0 Å². The van der Waals surface area contributed by atoms with Crippen LogP contribution in [-0.2, 0) is 38.2 Å². The third-order valence-electron chi connectivity index (χ3n) is 18.5. The molecule has 0 heterocycles. The van der Waals surface area contributed by atoms with Crippen LogP contribution in [0.15, 0.2) is 23.3 Å². The van der Waals surface area contributed by atoms with Crippen LogP contribution in [0.3, 0.4) is 0 Å². The highest BCUT2D eigenvalue weighted by atomic mass is 16.6. The van der Waals surface area contributed by atoms with Gasteiger partial charge in [-0.25, -0.2) is 0 Å². The Morgan fingerprint density at radius 3 is 1.58 bits per heavy atom. The lowest BCUT2D eigenvalue weighted by Gasteiger charge is -2.58. The molecule has 6 saturated carbocycles. The van der Waals surface area contributed by atoms with Gasteiger partial charge in [0.05, 0.1) is 25.7 Å². The summed E-state index contributed by atoms with van der Waals surface area (Å²) >= 11 is 0. The number of fused-ring (bicyclic) bond motifs is 10. The summed E-state index contributed by atoms with van der Waals surface area (Å²) in [4.78, 5) is 57.2. The maximum atomic E-state index is 12.3. The quantitative estimate of drug-likeness (QED) is 0.131. The molecule has 0 amide bonds. The molecule has 0 aromatic rings. The average Bonchev–Trinajstić information content (AvgIpc) is 3.67. The summed E-state index contributed by atoms with van der Waals surface area (Å²) in [7, 11) is 0. The van der Waals surface area contributed by atoms with E-state index >= 15 is 0 Å². The zero-order valence-corrected chi connectivity index (χ0v) is 36.7. The summed E-state index contributed by atoms with van der Waals surface area (Å²) in [5, 5.41) is 17.6. The third-order valence-corrected chi connectivity index (χ3v) is 18.5. The molecule has 6 fully saturated rings. The van der Waals surface area contributed by atoms with Gasteiger partial charge < -0.3 is 24.4 Å². The Kier molecular flexibility index (Phi) is 12.6. The molecule has 10 nitrogen and oxygen atoms in total. The fraction of sp³-hybridized carbons (Fsp3) is 0.816. The lowest BCUT2D eigenvalue weighted by Crippen LogP contribution is -2.51. The Morgan fingerprint density at radius 2 is 1.05 bits per heavy atom. The molecule has 328 valence electrons. The number of carbonyl (C=O) groups is 5. The number of aliphatic carboxylic acids is 2. The fourth-order valence-corrected chi connectivity index (χ4v) is 15.0. The van der Waals surface area contributed by atoms with Gasteiger partial charge in [0, 0.05) is 25.2 Å². The molecule has 0 aromatic carbocycles. The van der Waals surface area contributed by atoms with E-state index in [1.54, 1.807) is 12.5 Å². The van der Waals surface area contributed by atoms with Crippen molar-refractivity contribution in [3.05, 3.63) is 23.3 Å². The van der Waals surface area contributed by atoms with E-state index in [-0.39, 0.29) is 60.8 Å². The molecule has 6 unspecified atom stereocenters. The van der Waals surface area contributed by atoms with E-state index in [2.05, 4.69) is 46.8 Å². The van der Waals surface area contributed by atoms with Crippen molar-refractivity contribution in [1.29, 1.82) is 0 Å². The van der Waals surface area contributed by atoms with Gasteiger partial charge in [0.15, 0.2) is 0 Å². The summed E-state index contributed by atoms with van der Waals surface area (Å²) < 4.78 is 17.0. The maximum Gasteiger partial charge on any atom is 0.306 e. The Bertz CT molecular complexity index is 1710. The van der Waals surface area contributed by atoms with Crippen molar-refractivity contribution >= 4 is 29.8 Å². The molecule has 8 aliphatic rings. The molecule has 0 bridgehead atoms. The van der Waals surface area contributed by atoms with Crippen LogP contribution in [0.5, 0.6) is 0 Å². The van der Waals surface area contributed by atoms with Crippen LogP contribution in [0.25, 0.3) is 0 Å². The van der Waals surface area contributed by atoms with Gasteiger partial charge in [0.2, 0.25) is 0 Å². The molecule has 8 aliphatic carbocycles. The molecular formula is C49H72O10. The van der Waals surface area contributed by atoms with Crippen LogP contribution in [0.1, 0.15) is 170 Å². The van der Waals surface area contributed by atoms with E-state index in [0.29, 0.717) is 28.6 Å². The van der Waals surface area contributed by atoms with E-state index in [4.69, 9.17) is 24.4 Å². The van der Waals surface area contributed by atoms with Gasteiger partial charge in [0.25, 0.3) is 0 Å². The summed E-state index contributed by atoms with van der Waals surface area (Å²) in [6, 6.07) is 0. The predicted molar refractivity (Wildman–Crippen MR) is 222 cm³/mol. The second-order valence-corrected chi connectivity index (χ2v) is 21.3. The minimum atomic E-state index is -0.993. The molecule has 0 aliphatic heterocycles. The molecule has 14 atom stereocenters. The second kappa shape index (κ2) is 16.9. The molecule has 0 saturated heterocycles. The van der Waals surface area contributed by atoms with E-state index in [0.717, 1.165) is 87.9 Å². The Labute approximate surface area is 352 Å². The summed E-state index contributed by atoms with van der Waals surface area (Å²) in [5.74, 6) is 2.21. The Hall–Kier alpha value is -3.17. The lowest BCUT2D eigenvalue weighted by atomic mass is 9.47. The lowest BCUT2D eigenvalue weighted by molar-refractivity contribution is -0.161. The van der Waals surface area contributed by atoms with E-state index in [1.807, 2.05) is 0 Å². The van der Waals surface area contributed by atoms with Gasteiger partial charge in [-0.3, -0.25) is 24.0 Å². The van der Waals surface area contributed by atoms with Crippen LogP contribution in [0.4, 0.5) is 0 Å². The summed E-state index contributed by atoms with van der Waals surface area (Å²) in [6.45, 7) is 13.8. The zero-order chi connectivity index (χ0) is 42.5. The first-order valence-electron chi connectivity index (χ1n) is 23.3. The highest BCUT2D eigenvalue weighted by Gasteiger charge is 2.60. The van der Waals surface area contributed by atoms with Crippen LogP contribution in [-0.4, -0.2) is 58.4 Å². The minimum Gasteiger partial charge on any atom is -0.481 e. The fourth-order valence-electron chi connectivity index (χ4n) is 15.0. The van der Waals surface area contributed by atoms with Crippen molar-refractivity contribution in [2.24, 2.45) is 63.1 Å². The van der Waals surface area contributed by atoms with E-state index in [9.17, 15) is 24.0 Å². The number of hydrogen-bond donors (Lipinski definition) is 2. The molecule has 59 heavy (non-hydrogen) atoms. The number of rotatable bonds is 9. The number of hydrogen-bond acceptors (Lipinski definition) is 8. The van der Waals surface area contributed by atoms with Gasteiger partial charge >= 0.3 is 29.8 Å². The molecule has 0 aromatic heterocycles. The number of ether oxygens (including phenoxy) is 3. The smallest absolute Gasteiger partial charge is 0.306 e. The minimum absolute atomic E-state index is 0.0708. The molecular weight excluding hydrogens is 749 g/mol. The Balaban J connectivity index is 0.000000191. The van der Waals surface area contributed by atoms with Crippen molar-refractivity contribution in [3.8, 4) is 0 Å². The number of carboxylic acids is 2. The van der Waals surface area contributed by atoms with Crippen molar-refractivity contribution in [2.75, 3.05) is 0 Å². The number of esters is 3. The van der Waals surface area contributed by atoms with E-state index in [1.165, 1.54) is 44.1 Å². The van der Waals surface area contributed by atoms with Crippen molar-refractivity contribution < 1.29 is 48.4 Å². The van der Waals surface area contributed by atoms with Crippen molar-refractivity contribution in [3.63, 3.8) is 0 Å². The zero-order valence-electron chi connectivity index (χ0n) is 36.7. The standard InChI is InChI=1S/C27H38O8.C22H34O2/c1-26-13-11-17(34-24(32)9-7-22(28)29)15-16(26)3-4-18-19-5-6-21(27(19,2)14-12-20(18)26)35-25(33)10-8-23(30)31;1-14-5-8-19-18-7-6-16-13-17(24-15(2)23)9-11-22(16,4)20(18)10-12-21(14,19)3/h3,17-21H,4-15H2,1-2H3,(H,28,29)(H,30,31);6,14,17-20H,5,7-13H2,1-4H3/t17-,18?,19?,20?,21-,26-,27-;14-,17-,18?,19?,20?,21+,22-/m00/s1. The van der Waals surface area contributed by atoms with Gasteiger partial charge in [-0.15, -0.1) is 0 Å². The van der Waals surface area contributed by atoms with Crippen molar-refractivity contribution in [1.82, 2.24) is 0 Å². The van der Waals surface area contributed by atoms with Gasteiger partial charge in [-0.2, -0.15) is 0 Å². The normalized spacial score (nSPS) is 42.9.